The second kappa shape index (κ2) is 10.5. The van der Waals surface area contributed by atoms with E-state index >= 15 is 0 Å². The molecule has 1 heterocycles. The van der Waals surface area contributed by atoms with Gasteiger partial charge in [-0.3, -0.25) is 9.78 Å². The summed E-state index contributed by atoms with van der Waals surface area (Å²) in [5.41, 5.74) is 1.96. The zero-order chi connectivity index (χ0) is 21.6. The van der Waals surface area contributed by atoms with Crippen molar-refractivity contribution in [1.82, 2.24) is 10.3 Å². The normalized spacial score (nSPS) is 14.1. The number of halogens is 2. The van der Waals surface area contributed by atoms with E-state index in [0.29, 0.717) is 15.7 Å². The zero-order valence-corrected chi connectivity index (χ0v) is 16.9. The summed E-state index contributed by atoms with van der Waals surface area (Å²) in [6.07, 6.45) is -2.28. The molecule has 1 amide bonds. The number of nitrogens with one attached hydrogen (secondary N) is 1. The molecule has 8 nitrogen and oxygen atoms in total. The maximum atomic E-state index is 11.8. The number of benzene rings is 1. The smallest absolute Gasteiger partial charge is 0.335 e. The highest BCUT2D eigenvalue weighted by molar-refractivity contribution is 6.35. The van der Waals surface area contributed by atoms with Gasteiger partial charge in [0.25, 0.3) is 0 Å². The van der Waals surface area contributed by atoms with E-state index in [1.54, 1.807) is 36.5 Å². The van der Waals surface area contributed by atoms with Crippen LogP contribution >= 0.6 is 23.2 Å². The van der Waals surface area contributed by atoms with Crippen molar-refractivity contribution in [2.24, 2.45) is 0 Å². The third-order valence-corrected chi connectivity index (χ3v) is 4.50. The maximum Gasteiger partial charge on any atom is 0.335 e. The SMILES string of the molecule is COCC(=O)N[C@@H](Cc1ccc(-c2cc(Cl)cc(Cl)c2)cn1)C(O)C(O)C(=O)O. The number of carbonyl (C=O) groups is 2. The van der Waals surface area contributed by atoms with Gasteiger partial charge in [-0.2, -0.15) is 0 Å². The van der Waals surface area contributed by atoms with Crippen LogP contribution in [-0.2, 0) is 20.7 Å². The third-order valence-electron chi connectivity index (χ3n) is 4.06. The molecule has 0 aliphatic rings. The summed E-state index contributed by atoms with van der Waals surface area (Å²) in [4.78, 5) is 27.1. The standard InChI is InChI=1S/C19H20Cl2N2O6/c1-29-9-16(24)23-15(17(25)18(26)19(27)28)7-14-3-2-10(8-22-14)11-4-12(20)6-13(21)5-11/h2-6,8,15,17-18,25-26H,7,9H2,1H3,(H,23,24)(H,27,28)/t15-,17?,18?/m0/s1. The van der Waals surface area contributed by atoms with Gasteiger partial charge < -0.3 is 25.4 Å². The highest BCUT2D eigenvalue weighted by Gasteiger charge is 2.32. The van der Waals surface area contributed by atoms with Crippen LogP contribution in [0.1, 0.15) is 5.69 Å². The summed E-state index contributed by atoms with van der Waals surface area (Å²) in [7, 11) is 1.32. The molecular formula is C19H20Cl2N2O6. The van der Waals surface area contributed by atoms with Crippen molar-refractivity contribution in [3.63, 3.8) is 0 Å². The topological polar surface area (TPSA) is 129 Å². The van der Waals surface area contributed by atoms with Gasteiger partial charge in [-0.05, 0) is 29.8 Å². The monoisotopic (exact) mass is 442 g/mol. The molecule has 0 radical (unpaired) electrons. The number of amides is 1. The van der Waals surface area contributed by atoms with E-state index in [9.17, 15) is 19.8 Å². The van der Waals surface area contributed by atoms with Gasteiger partial charge in [0.1, 0.15) is 12.7 Å². The first-order valence-electron chi connectivity index (χ1n) is 8.50. The number of aliphatic hydroxyl groups excluding tert-OH is 2. The molecule has 2 aromatic rings. The van der Waals surface area contributed by atoms with E-state index in [4.69, 9.17) is 33.0 Å². The van der Waals surface area contributed by atoms with Crippen molar-refractivity contribution in [3.8, 4) is 11.1 Å². The fraction of sp³-hybridized carbons (Fsp3) is 0.316. The van der Waals surface area contributed by atoms with Crippen molar-refractivity contribution in [2.75, 3.05) is 13.7 Å². The minimum atomic E-state index is -2.07. The van der Waals surface area contributed by atoms with Gasteiger partial charge in [0, 0.05) is 41.0 Å². The van der Waals surface area contributed by atoms with Crippen molar-refractivity contribution in [1.29, 1.82) is 0 Å². The Kier molecular flexibility index (Phi) is 8.36. The Morgan fingerprint density at radius 1 is 1.14 bits per heavy atom. The Hall–Kier alpha value is -2.23. The van der Waals surface area contributed by atoms with E-state index in [1.807, 2.05) is 0 Å². The van der Waals surface area contributed by atoms with Crippen LogP contribution in [0.15, 0.2) is 36.5 Å². The average Bonchev–Trinajstić information content (AvgIpc) is 2.66. The summed E-state index contributed by atoms with van der Waals surface area (Å²) in [5.74, 6) is -2.18. The fourth-order valence-corrected chi connectivity index (χ4v) is 3.19. The summed E-state index contributed by atoms with van der Waals surface area (Å²) < 4.78 is 4.72. The van der Waals surface area contributed by atoms with Crippen molar-refractivity contribution in [3.05, 3.63) is 52.3 Å². The fourth-order valence-electron chi connectivity index (χ4n) is 2.66. The number of hydrogen-bond donors (Lipinski definition) is 4. The van der Waals surface area contributed by atoms with Crippen LogP contribution in [0.5, 0.6) is 0 Å². The summed E-state index contributed by atoms with van der Waals surface area (Å²) in [5, 5.41) is 32.2. The van der Waals surface area contributed by atoms with Crippen LogP contribution in [0, 0.1) is 0 Å². The molecule has 0 fully saturated rings. The van der Waals surface area contributed by atoms with Gasteiger partial charge in [-0.15, -0.1) is 0 Å². The van der Waals surface area contributed by atoms with Gasteiger partial charge in [0.2, 0.25) is 5.91 Å². The van der Waals surface area contributed by atoms with Crippen LogP contribution in [-0.4, -0.2) is 64.1 Å². The molecule has 0 saturated heterocycles. The van der Waals surface area contributed by atoms with Gasteiger partial charge >= 0.3 is 5.97 Å². The van der Waals surface area contributed by atoms with Crippen molar-refractivity contribution < 1.29 is 29.6 Å². The Morgan fingerprint density at radius 2 is 1.79 bits per heavy atom. The van der Waals surface area contributed by atoms with Crippen LogP contribution in [0.2, 0.25) is 10.0 Å². The molecule has 4 N–H and O–H groups in total. The Labute approximate surface area is 177 Å². The minimum absolute atomic E-state index is 0.0163. The molecule has 0 aliphatic heterocycles. The van der Waals surface area contributed by atoms with E-state index in [0.717, 1.165) is 11.1 Å². The molecule has 2 rings (SSSR count). The zero-order valence-electron chi connectivity index (χ0n) is 15.4. The lowest BCUT2D eigenvalue weighted by molar-refractivity contribution is -0.154. The number of carboxylic acids is 1. The number of carboxylic acid groups (broad SMARTS) is 1. The molecule has 3 atom stereocenters. The Morgan fingerprint density at radius 3 is 2.31 bits per heavy atom. The Bertz CT molecular complexity index is 842. The third kappa shape index (κ3) is 6.66. The van der Waals surface area contributed by atoms with Gasteiger partial charge in [0.05, 0.1) is 6.04 Å². The van der Waals surface area contributed by atoms with Crippen LogP contribution in [0.4, 0.5) is 0 Å². The number of pyridine rings is 1. The van der Waals surface area contributed by atoms with Gasteiger partial charge in [0.15, 0.2) is 6.10 Å². The molecular weight excluding hydrogens is 423 g/mol. The summed E-state index contributed by atoms with van der Waals surface area (Å²) in [6.45, 7) is -0.283. The number of carbonyl (C=O) groups excluding carboxylic acids is 1. The predicted molar refractivity (Wildman–Crippen MR) is 107 cm³/mol. The number of aromatic nitrogens is 1. The first-order chi connectivity index (χ1) is 13.7. The average molecular weight is 443 g/mol. The van der Waals surface area contributed by atoms with Crippen LogP contribution < -0.4 is 5.32 Å². The first kappa shape index (κ1) is 23.1. The van der Waals surface area contributed by atoms with E-state index in [2.05, 4.69) is 10.3 Å². The number of nitrogens with zero attached hydrogens (tertiary/aromatic N) is 1. The molecule has 0 saturated carbocycles. The number of aliphatic carboxylic acids is 1. The highest BCUT2D eigenvalue weighted by atomic mass is 35.5. The van der Waals surface area contributed by atoms with Crippen LogP contribution in [0.3, 0.4) is 0 Å². The number of rotatable bonds is 9. The number of ether oxygens (including phenoxy) is 1. The Balaban J connectivity index is 2.20. The van der Waals surface area contributed by atoms with Gasteiger partial charge in [-0.1, -0.05) is 29.3 Å². The van der Waals surface area contributed by atoms with Crippen molar-refractivity contribution >= 4 is 35.1 Å². The lowest BCUT2D eigenvalue weighted by Gasteiger charge is -2.25. The molecule has 0 aliphatic carbocycles. The molecule has 156 valence electrons. The molecule has 0 bridgehead atoms. The quantitative estimate of drug-likeness (QED) is 0.463. The van der Waals surface area contributed by atoms with Gasteiger partial charge in [-0.25, -0.2) is 4.79 Å². The maximum absolute atomic E-state index is 11.8. The second-order valence-electron chi connectivity index (χ2n) is 6.28. The number of aliphatic hydroxyl groups is 2. The molecule has 1 aromatic carbocycles. The highest BCUT2D eigenvalue weighted by Crippen LogP contribution is 2.27. The summed E-state index contributed by atoms with van der Waals surface area (Å²) >= 11 is 12.0. The van der Waals surface area contributed by atoms with E-state index in [-0.39, 0.29) is 13.0 Å². The van der Waals surface area contributed by atoms with Crippen LogP contribution in [0.25, 0.3) is 11.1 Å². The molecule has 10 heteroatoms. The lowest BCUT2D eigenvalue weighted by atomic mass is 9.99. The number of hydrogen-bond acceptors (Lipinski definition) is 6. The van der Waals surface area contributed by atoms with E-state index < -0.39 is 30.1 Å². The molecule has 2 unspecified atom stereocenters. The minimum Gasteiger partial charge on any atom is -0.479 e. The van der Waals surface area contributed by atoms with E-state index in [1.165, 1.54) is 7.11 Å². The molecule has 1 aromatic heterocycles. The molecule has 0 spiro atoms. The number of methoxy groups -OCH3 is 1. The largest absolute Gasteiger partial charge is 0.479 e. The second-order valence-corrected chi connectivity index (χ2v) is 7.15. The molecule has 29 heavy (non-hydrogen) atoms. The van der Waals surface area contributed by atoms with Crippen molar-refractivity contribution in [2.45, 2.75) is 24.7 Å². The lowest BCUT2D eigenvalue weighted by Crippen LogP contribution is -2.52. The first-order valence-corrected chi connectivity index (χ1v) is 9.25. The summed E-state index contributed by atoms with van der Waals surface area (Å²) in [6, 6.07) is 7.37. The predicted octanol–water partition coefficient (Wildman–Crippen LogP) is 1.54.